The summed E-state index contributed by atoms with van der Waals surface area (Å²) in [5.41, 5.74) is 16.8. The molecule has 7 aromatic carbocycles. The summed E-state index contributed by atoms with van der Waals surface area (Å²) in [7, 11) is 0. The fourth-order valence-corrected chi connectivity index (χ4v) is 10.1. The summed E-state index contributed by atoms with van der Waals surface area (Å²) in [5.74, 6) is 0. The molecule has 0 N–H and O–H groups in total. The molecule has 0 amide bonds. The van der Waals surface area contributed by atoms with E-state index in [0.717, 1.165) is 12.8 Å². The Bertz CT molecular complexity index is 2620. The lowest BCUT2D eigenvalue weighted by molar-refractivity contribution is 0.492. The van der Waals surface area contributed by atoms with E-state index in [0.29, 0.717) is 0 Å². The topological polar surface area (TPSA) is 0 Å². The van der Waals surface area contributed by atoms with E-state index < -0.39 is 0 Å². The lowest BCUT2D eigenvalue weighted by atomic mass is 9.73. The minimum atomic E-state index is -0.0860. The second-order valence-electron chi connectivity index (χ2n) is 18.4. The standard InChI is InChI=1S/C52H52/c1-11-52(12-2)42-20-14-18-37-36-24-22-32(27-41(36)38-19-15-21-43(52)48(38)47(37)42)31-16-13-17-33(26-31)40-28-35(50(6,7)8)30-45-46(40)39-25-23-34(49(3,4)5)29-44(39)51(45,9)10/h13-30H,11-12H2,1-10H3. The molecule has 52 heavy (non-hydrogen) atoms. The second kappa shape index (κ2) is 10.9. The van der Waals surface area contributed by atoms with Crippen LogP contribution in [0.2, 0.25) is 0 Å². The summed E-state index contributed by atoms with van der Waals surface area (Å²) in [6, 6.07) is 42.9. The van der Waals surface area contributed by atoms with Crippen LogP contribution in [0.25, 0.3) is 65.7 Å². The van der Waals surface area contributed by atoms with Gasteiger partial charge in [-0.05, 0) is 141 Å². The first-order valence-corrected chi connectivity index (χ1v) is 19.6. The fraction of sp³-hybridized carbons (Fsp3) is 0.308. The lowest BCUT2D eigenvalue weighted by Gasteiger charge is -2.30. The highest BCUT2D eigenvalue weighted by atomic mass is 14.4. The van der Waals surface area contributed by atoms with Crippen molar-refractivity contribution in [2.24, 2.45) is 0 Å². The zero-order valence-corrected chi connectivity index (χ0v) is 32.8. The molecule has 0 nitrogen and oxygen atoms in total. The highest BCUT2D eigenvalue weighted by molar-refractivity contribution is 6.29. The molecule has 0 heterocycles. The van der Waals surface area contributed by atoms with Crippen LogP contribution in [0.3, 0.4) is 0 Å². The Morgan fingerprint density at radius 3 is 1.65 bits per heavy atom. The maximum absolute atomic E-state index is 2.51. The van der Waals surface area contributed by atoms with E-state index in [9.17, 15) is 0 Å². The molecule has 0 saturated heterocycles. The van der Waals surface area contributed by atoms with Gasteiger partial charge in [-0.2, -0.15) is 0 Å². The molecule has 0 aromatic heterocycles. The summed E-state index contributed by atoms with van der Waals surface area (Å²) in [6.45, 7) is 23.6. The van der Waals surface area contributed by atoms with Crippen LogP contribution in [0, 0.1) is 0 Å². The largest absolute Gasteiger partial charge is 0.0642 e. The zero-order valence-electron chi connectivity index (χ0n) is 32.8. The smallest absolute Gasteiger partial charge is 0.0210 e. The molecule has 2 aliphatic rings. The molecule has 2 aliphatic carbocycles. The van der Waals surface area contributed by atoms with Gasteiger partial charge in [-0.15, -0.1) is 0 Å². The number of rotatable bonds is 4. The molecule has 260 valence electrons. The molecule has 0 heteroatoms. The Balaban J connectivity index is 1.26. The SMILES string of the molecule is CCC1(CC)c2cccc3c4ccc(-c5cccc(-c6cc(C(C)(C)C)cc7c6-c6ccc(C(C)(C)C)cc6C7(C)C)c5)cc4c4cccc1c4c23. The molecule has 0 atom stereocenters. The highest BCUT2D eigenvalue weighted by Gasteiger charge is 2.40. The fourth-order valence-electron chi connectivity index (χ4n) is 10.1. The van der Waals surface area contributed by atoms with Gasteiger partial charge in [0.1, 0.15) is 0 Å². The number of hydrogen-bond donors (Lipinski definition) is 0. The van der Waals surface area contributed by atoms with Crippen LogP contribution in [0.4, 0.5) is 0 Å². The van der Waals surface area contributed by atoms with Crippen molar-refractivity contribution < 1.29 is 0 Å². The molecule has 0 radical (unpaired) electrons. The van der Waals surface area contributed by atoms with Crippen LogP contribution >= 0.6 is 0 Å². The molecule has 0 fully saturated rings. The van der Waals surface area contributed by atoms with Crippen molar-refractivity contribution in [3.8, 4) is 33.4 Å². The van der Waals surface area contributed by atoms with Crippen LogP contribution in [0.5, 0.6) is 0 Å². The van der Waals surface area contributed by atoms with E-state index >= 15 is 0 Å². The van der Waals surface area contributed by atoms with Crippen molar-refractivity contribution in [3.63, 3.8) is 0 Å². The highest BCUT2D eigenvalue weighted by Crippen LogP contribution is 2.56. The van der Waals surface area contributed by atoms with Gasteiger partial charge in [-0.1, -0.05) is 160 Å². The summed E-state index contributed by atoms with van der Waals surface area (Å²) >= 11 is 0. The Morgan fingerprint density at radius 2 is 1.02 bits per heavy atom. The average Bonchev–Trinajstić information content (AvgIpc) is 3.55. The van der Waals surface area contributed by atoms with E-state index in [1.807, 2.05) is 0 Å². The van der Waals surface area contributed by atoms with E-state index in [1.165, 1.54) is 99.1 Å². The van der Waals surface area contributed by atoms with Crippen LogP contribution in [-0.4, -0.2) is 0 Å². The Hall–Kier alpha value is -4.68. The number of fused-ring (bicyclic) bond motifs is 6. The van der Waals surface area contributed by atoms with Crippen LogP contribution in [0.15, 0.2) is 109 Å². The van der Waals surface area contributed by atoms with Gasteiger partial charge in [0, 0.05) is 10.8 Å². The monoisotopic (exact) mass is 676 g/mol. The second-order valence-corrected chi connectivity index (χ2v) is 18.4. The molecule has 9 rings (SSSR count). The van der Waals surface area contributed by atoms with Crippen molar-refractivity contribution >= 4 is 32.3 Å². The van der Waals surface area contributed by atoms with Gasteiger partial charge in [0.2, 0.25) is 0 Å². The number of benzene rings is 7. The van der Waals surface area contributed by atoms with Crippen molar-refractivity contribution in [3.05, 3.63) is 143 Å². The summed E-state index contributed by atoms with van der Waals surface area (Å²) in [4.78, 5) is 0. The molecule has 0 bridgehead atoms. The predicted octanol–water partition coefficient (Wildman–Crippen LogP) is 14.8. The molecule has 0 unspecified atom stereocenters. The Morgan fingerprint density at radius 1 is 0.442 bits per heavy atom. The molecule has 0 aliphatic heterocycles. The van der Waals surface area contributed by atoms with Gasteiger partial charge in [0.15, 0.2) is 0 Å². The lowest BCUT2D eigenvalue weighted by Crippen LogP contribution is -2.23. The summed E-state index contributed by atoms with van der Waals surface area (Å²) in [6.07, 6.45) is 2.23. The summed E-state index contributed by atoms with van der Waals surface area (Å²) in [5, 5.41) is 8.44. The van der Waals surface area contributed by atoms with Crippen molar-refractivity contribution in [2.45, 2.75) is 104 Å². The Labute approximate surface area is 310 Å². The molecule has 0 saturated carbocycles. The van der Waals surface area contributed by atoms with Crippen molar-refractivity contribution in [1.29, 1.82) is 0 Å². The molecule has 0 spiro atoms. The van der Waals surface area contributed by atoms with Gasteiger partial charge >= 0.3 is 0 Å². The minimum absolute atomic E-state index is 0.0283. The number of hydrogen-bond acceptors (Lipinski definition) is 0. The van der Waals surface area contributed by atoms with Gasteiger partial charge < -0.3 is 0 Å². The molecular formula is C52H52. The van der Waals surface area contributed by atoms with Crippen LogP contribution < -0.4 is 0 Å². The molecular weight excluding hydrogens is 625 g/mol. The quantitative estimate of drug-likeness (QED) is 0.163. The third kappa shape index (κ3) is 4.46. The zero-order chi connectivity index (χ0) is 36.5. The minimum Gasteiger partial charge on any atom is -0.0642 e. The summed E-state index contributed by atoms with van der Waals surface area (Å²) < 4.78 is 0. The predicted molar refractivity (Wildman–Crippen MR) is 226 cm³/mol. The van der Waals surface area contributed by atoms with E-state index in [1.54, 1.807) is 0 Å². The maximum atomic E-state index is 2.51. The average molecular weight is 677 g/mol. The normalized spacial score (nSPS) is 15.6. The first-order valence-electron chi connectivity index (χ1n) is 19.6. The van der Waals surface area contributed by atoms with E-state index in [2.05, 4.69) is 178 Å². The van der Waals surface area contributed by atoms with Gasteiger partial charge in [0.05, 0.1) is 0 Å². The third-order valence-electron chi connectivity index (χ3n) is 13.2. The van der Waals surface area contributed by atoms with E-state index in [4.69, 9.17) is 0 Å². The van der Waals surface area contributed by atoms with Crippen molar-refractivity contribution in [2.75, 3.05) is 0 Å². The van der Waals surface area contributed by atoms with Crippen LogP contribution in [0.1, 0.15) is 115 Å². The van der Waals surface area contributed by atoms with Crippen LogP contribution in [-0.2, 0) is 21.7 Å². The van der Waals surface area contributed by atoms with E-state index in [-0.39, 0.29) is 21.7 Å². The van der Waals surface area contributed by atoms with Gasteiger partial charge in [-0.25, -0.2) is 0 Å². The first-order chi connectivity index (χ1) is 24.7. The van der Waals surface area contributed by atoms with Gasteiger partial charge in [0.25, 0.3) is 0 Å². The maximum Gasteiger partial charge on any atom is 0.0210 e. The third-order valence-corrected chi connectivity index (χ3v) is 13.2. The van der Waals surface area contributed by atoms with Gasteiger partial charge in [-0.3, -0.25) is 0 Å². The first kappa shape index (κ1) is 33.2. The van der Waals surface area contributed by atoms with Crippen molar-refractivity contribution in [1.82, 2.24) is 0 Å². The molecule has 7 aromatic rings. The Kier molecular flexibility index (Phi) is 6.97.